The van der Waals surface area contributed by atoms with Crippen molar-refractivity contribution in [3.8, 4) is 0 Å². The number of hydrogen-bond donors (Lipinski definition) is 1. The van der Waals surface area contributed by atoms with Gasteiger partial charge in [-0.25, -0.2) is 0 Å². The van der Waals surface area contributed by atoms with Gasteiger partial charge in [0.15, 0.2) is 0 Å². The van der Waals surface area contributed by atoms with E-state index in [0.29, 0.717) is 19.4 Å². The lowest BCUT2D eigenvalue weighted by Gasteiger charge is -2.28. The van der Waals surface area contributed by atoms with Crippen LogP contribution < -0.4 is 5.32 Å². The third kappa shape index (κ3) is 1.79. The van der Waals surface area contributed by atoms with Crippen molar-refractivity contribution in [3.63, 3.8) is 0 Å². The molecule has 5 heteroatoms. The summed E-state index contributed by atoms with van der Waals surface area (Å²) in [6, 6.07) is 9.77. The molecule has 1 spiro atoms. The van der Waals surface area contributed by atoms with Gasteiger partial charge in [-0.3, -0.25) is 0 Å². The number of alkyl halides is 4. The average Bonchev–Trinajstić information content (AvgIpc) is 2.77. The minimum atomic E-state index is -3.80. The summed E-state index contributed by atoms with van der Waals surface area (Å²) in [6.45, 7) is 0.644. The number of benzene rings is 1. The smallest absolute Gasteiger partial charge is 0.310 e. The van der Waals surface area contributed by atoms with E-state index >= 15 is 0 Å². The molecule has 0 heterocycles. The van der Waals surface area contributed by atoms with Gasteiger partial charge in [0, 0.05) is 12.6 Å². The second-order valence-electron chi connectivity index (χ2n) is 5.87. The molecule has 0 unspecified atom stereocenters. The molecule has 0 atom stereocenters. The first-order valence-corrected chi connectivity index (χ1v) is 6.94. The van der Waals surface area contributed by atoms with Crippen molar-refractivity contribution in [2.24, 2.45) is 5.41 Å². The number of hydrogen-bond acceptors (Lipinski definition) is 1. The Morgan fingerprint density at radius 1 is 0.950 bits per heavy atom. The zero-order valence-electron chi connectivity index (χ0n) is 11.0. The van der Waals surface area contributed by atoms with Crippen molar-refractivity contribution in [2.45, 2.75) is 50.1 Å². The maximum absolute atomic E-state index is 13.3. The van der Waals surface area contributed by atoms with Crippen LogP contribution in [0.15, 0.2) is 30.3 Å². The SMILES string of the molecule is FC1(F)C(F)(F)C12CCC(NCc1ccccc1)CC2. The Labute approximate surface area is 115 Å². The summed E-state index contributed by atoms with van der Waals surface area (Å²) < 4.78 is 53.0. The summed E-state index contributed by atoms with van der Waals surface area (Å²) in [5.74, 6) is -7.60. The van der Waals surface area contributed by atoms with E-state index in [2.05, 4.69) is 5.32 Å². The summed E-state index contributed by atoms with van der Waals surface area (Å²) in [6.07, 6.45) is 0.578. The summed E-state index contributed by atoms with van der Waals surface area (Å²) >= 11 is 0. The Balaban J connectivity index is 1.53. The van der Waals surface area contributed by atoms with Crippen LogP contribution in [0.25, 0.3) is 0 Å². The second-order valence-corrected chi connectivity index (χ2v) is 5.87. The molecule has 0 amide bonds. The summed E-state index contributed by atoms with van der Waals surface area (Å²) in [5, 5.41) is 3.27. The molecule has 0 saturated heterocycles. The van der Waals surface area contributed by atoms with Crippen LogP contribution in [0.4, 0.5) is 17.6 Å². The number of halogens is 4. The van der Waals surface area contributed by atoms with E-state index < -0.39 is 17.3 Å². The molecular weight excluding hydrogens is 270 g/mol. The number of nitrogens with one attached hydrogen (secondary N) is 1. The van der Waals surface area contributed by atoms with Gasteiger partial charge in [-0.05, 0) is 31.2 Å². The molecule has 2 aliphatic carbocycles. The zero-order chi connectivity index (χ0) is 14.4. The highest BCUT2D eigenvalue weighted by Crippen LogP contribution is 2.77. The molecular formula is C15H17F4N. The molecule has 20 heavy (non-hydrogen) atoms. The van der Waals surface area contributed by atoms with Gasteiger partial charge in [0.1, 0.15) is 5.41 Å². The summed E-state index contributed by atoms with van der Waals surface area (Å²) in [4.78, 5) is 0. The Morgan fingerprint density at radius 3 is 2.00 bits per heavy atom. The van der Waals surface area contributed by atoms with Gasteiger partial charge >= 0.3 is 11.8 Å². The first-order chi connectivity index (χ1) is 9.41. The topological polar surface area (TPSA) is 12.0 Å². The second kappa shape index (κ2) is 4.45. The van der Waals surface area contributed by atoms with E-state index in [4.69, 9.17) is 0 Å². The Kier molecular flexibility index (Phi) is 3.08. The van der Waals surface area contributed by atoms with Crippen molar-refractivity contribution in [3.05, 3.63) is 35.9 Å². The summed E-state index contributed by atoms with van der Waals surface area (Å²) in [7, 11) is 0. The molecule has 1 aromatic rings. The molecule has 110 valence electrons. The van der Waals surface area contributed by atoms with Gasteiger partial charge < -0.3 is 5.32 Å². The minimum Gasteiger partial charge on any atom is -0.310 e. The minimum absolute atomic E-state index is 0.0491. The molecule has 1 aromatic carbocycles. The maximum Gasteiger partial charge on any atom is 0.322 e. The lowest BCUT2D eigenvalue weighted by Crippen LogP contribution is -2.35. The molecule has 1 N–H and O–H groups in total. The Bertz CT molecular complexity index is 462. The van der Waals surface area contributed by atoms with Crippen LogP contribution in [0.5, 0.6) is 0 Å². The molecule has 1 nitrogen and oxygen atoms in total. The van der Waals surface area contributed by atoms with Crippen molar-refractivity contribution >= 4 is 0 Å². The van der Waals surface area contributed by atoms with E-state index in [-0.39, 0.29) is 18.9 Å². The van der Waals surface area contributed by atoms with Crippen LogP contribution in [0, 0.1) is 5.41 Å². The van der Waals surface area contributed by atoms with Gasteiger partial charge in [0.05, 0.1) is 0 Å². The lowest BCUT2D eigenvalue weighted by molar-refractivity contribution is -0.0278. The van der Waals surface area contributed by atoms with Crippen LogP contribution in [0.1, 0.15) is 31.2 Å². The zero-order valence-corrected chi connectivity index (χ0v) is 11.0. The summed E-state index contributed by atoms with van der Waals surface area (Å²) in [5.41, 5.74) is -0.944. The first-order valence-electron chi connectivity index (χ1n) is 6.94. The molecule has 2 aliphatic rings. The number of rotatable bonds is 3. The van der Waals surface area contributed by atoms with Crippen LogP contribution >= 0.6 is 0 Å². The van der Waals surface area contributed by atoms with Crippen LogP contribution in [0.3, 0.4) is 0 Å². The van der Waals surface area contributed by atoms with Crippen molar-refractivity contribution in [1.82, 2.24) is 5.32 Å². The van der Waals surface area contributed by atoms with E-state index in [9.17, 15) is 17.6 Å². The lowest BCUT2D eigenvalue weighted by atomic mass is 9.82. The molecule has 2 saturated carbocycles. The largest absolute Gasteiger partial charge is 0.322 e. The maximum atomic E-state index is 13.3. The standard InChI is InChI=1S/C15H17F4N/c16-14(17)13(15(14,18)19)8-6-12(7-9-13)20-10-11-4-2-1-3-5-11/h1-5,12,20H,6-10H2. The molecule has 0 aliphatic heterocycles. The predicted octanol–water partition coefficient (Wildman–Crippen LogP) is 3.99. The highest BCUT2D eigenvalue weighted by molar-refractivity contribution is 5.26. The fourth-order valence-corrected chi connectivity index (χ4v) is 3.32. The van der Waals surface area contributed by atoms with Gasteiger partial charge in [-0.15, -0.1) is 0 Å². The fraction of sp³-hybridized carbons (Fsp3) is 0.600. The first kappa shape index (κ1) is 13.9. The van der Waals surface area contributed by atoms with Gasteiger partial charge in [0.2, 0.25) is 0 Å². The van der Waals surface area contributed by atoms with Crippen LogP contribution in [-0.4, -0.2) is 17.9 Å². The molecule has 0 radical (unpaired) electrons. The van der Waals surface area contributed by atoms with Gasteiger partial charge in [-0.2, -0.15) is 17.6 Å². The molecule has 0 aromatic heterocycles. The fourth-order valence-electron chi connectivity index (χ4n) is 3.32. The van der Waals surface area contributed by atoms with E-state index in [0.717, 1.165) is 5.56 Å². The molecule has 3 rings (SSSR count). The van der Waals surface area contributed by atoms with Crippen molar-refractivity contribution < 1.29 is 17.6 Å². The molecule has 2 fully saturated rings. The third-order valence-electron chi connectivity index (χ3n) is 4.81. The van der Waals surface area contributed by atoms with E-state index in [1.54, 1.807) is 0 Å². The third-order valence-corrected chi connectivity index (χ3v) is 4.81. The predicted molar refractivity (Wildman–Crippen MR) is 67.9 cm³/mol. The normalized spacial score (nSPS) is 26.6. The van der Waals surface area contributed by atoms with Crippen LogP contribution in [0.2, 0.25) is 0 Å². The Hall–Kier alpha value is -1.10. The van der Waals surface area contributed by atoms with E-state index in [1.807, 2.05) is 30.3 Å². The monoisotopic (exact) mass is 287 g/mol. The van der Waals surface area contributed by atoms with Crippen LogP contribution in [-0.2, 0) is 6.54 Å². The highest BCUT2D eigenvalue weighted by Gasteiger charge is 2.95. The average molecular weight is 287 g/mol. The van der Waals surface area contributed by atoms with Gasteiger partial charge in [0.25, 0.3) is 0 Å². The van der Waals surface area contributed by atoms with E-state index in [1.165, 1.54) is 0 Å². The quantitative estimate of drug-likeness (QED) is 0.829. The highest BCUT2D eigenvalue weighted by atomic mass is 19.3. The van der Waals surface area contributed by atoms with Crippen molar-refractivity contribution in [2.75, 3.05) is 0 Å². The van der Waals surface area contributed by atoms with Gasteiger partial charge in [-0.1, -0.05) is 30.3 Å². The Morgan fingerprint density at radius 2 is 1.50 bits per heavy atom. The molecule has 0 bridgehead atoms. The van der Waals surface area contributed by atoms with Crippen molar-refractivity contribution in [1.29, 1.82) is 0 Å².